The van der Waals surface area contributed by atoms with Crippen LogP contribution >= 0.6 is 27.3 Å². The Kier molecular flexibility index (Phi) is 5.13. The van der Waals surface area contributed by atoms with Crippen LogP contribution in [0.2, 0.25) is 0 Å². The van der Waals surface area contributed by atoms with Crippen molar-refractivity contribution in [2.75, 3.05) is 10.1 Å². The number of anilines is 1. The summed E-state index contributed by atoms with van der Waals surface area (Å²) in [5.74, 6) is -2.06. The molecule has 0 atom stereocenters. The molecule has 0 spiro atoms. The molecule has 8 heteroatoms. The summed E-state index contributed by atoms with van der Waals surface area (Å²) in [6.07, 6.45) is 0. The van der Waals surface area contributed by atoms with Crippen molar-refractivity contribution in [2.45, 2.75) is 13.5 Å². The zero-order valence-corrected chi connectivity index (χ0v) is 16.4. The normalized spacial score (nSPS) is 11.8. The number of fused-ring (bicyclic) bond motifs is 1. The lowest BCUT2D eigenvalue weighted by atomic mass is 10.2. The molecule has 0 unspecified atom stereocenters. The van der Waals surface area contributed by atoms with Crippen molar-refractivity contribution >= 4 is 52.4 Å². The Morgan fingerprint density at radius 3 is 2.48 bits per heavy atom. The monoisotopic (exact) mass is 445 g/mol. The van der Waals surface area contributed by atoms with E-state index in [1.807, 2.05) is 24.3 Å². The number of hydrogen-bond donors (Lipinski definition) is 0. The molecular formula is C17H14BrF2NO2S2. The Balaban J connectivity index is 2.11. The molecular weight excluding hydrogens is 432 g/mol. The summed E-state index contributed by atoms with van der Waals surface area (Å²) in [4.78, 5) is 0. The third-order valence-corrected chi connectivity index (χ3v) is 7.84. The Hall–Kier alpha value is -1.51. The van der Waals surface area contributed by atoms with Crippen LogP contribution in [0.15, 0.2) is 46.9 Å². The van der Waals surface area contributed by atoms with Gasteiger partial charge in [-0.25, -0.2) is 17.2 Å². The highest BCUT2D eigenvalue weighted by Crippen LogP contribution is 2.43. The molecule has 132 valence electrons. The van der Waals surface area contributed by atoms with Crippen LogP contribution in [-0.2, 0) is 16.6 Å². The average Bonchev–Trinajstić information content (AvgIpc) is 2.92. The number of benzene rings is 2. The standard InChI is InChI=1S/C17H14BrF2NO2S2/c1-2-25(22,23)21(10-11-7-8-13(19)14(20)9-11)17-16(18)12-5-3-4-6-15(12)24-17/h3-9H,2,10H2,1H3. The molecule has 3 nitrogen and oxygen atoms in total. The van der Waals surface area contributed by atoms with Gasteiger partial charge in [0.25, 0.3) is 0 Å². The van der Waals surface area contributed by atoms with Crippen LogP contribution in [0.25, 0.3) is 10.1 Å². The van der Waals surface area contributed by atoms with Gasteiger partial charge in [-0.15, -0.1) is 11.3 Å². The highest BCUT2D eigenvalue weighted by Gasteiger charge is 2.26. The van der Waals surface area contributed by atoms with Crippen LogP contribution in [0.4, 0.5) is 13.8 Å². The van der Waals surface area contributed by atoms with E-state index in [2.05, 4.69) is 15.9 Å². The third-order valence-electron chi connectivity index (χ3n) is 3.76. The van der Waals surface area contributed by atoms with Crippen molar-refractivity contribution < 1.29 is 17.2 Å². The minimum absolute atomic E-state index is 0.0706. The van der Waals surface area contributed by atoms with Gasteiger partial charge < -0.3 is 0 Å². The number of sulfonamides is 1. The van der Waals surface area contributed by atoms with E-state index in [4.69, 9.17) is 0 Å². The van der Waals surface area contributed by atoms with Gasteiger partial charge in [0.1, 0.15) is 5.00 Å². The summed E-state index contributed by atoms with van der Waals surface area (Å²) < 4.78 is 54.8. The highest BCUT2D eigenvalue weighted by molar-refractivity contribution is 9.10. The lowest BCUT2D eigenvalue weighted by Crippen LogP contribution is -2.31. The van der Waals surface area contributed by atoms with Crippen molar-refractivity contribution in [1.29, 1.82) is 0 Å². The largest absolute Gasteiger partial charge is 0.255 e. The Labute approximate surface area is 157 Å². The van der Waals surface area contributed by atoms with Crippen LogP contribution in [0.3, 0.4) is 0 Å². The first-order valence-electron chi connectivity index (χ1n) is 7.45. The predicted molar refractivity (Wildman–Crippen MR) is 102 cm³/mol. The summed E-state index contributed by atoms with van der Waals surface area (Å²) in [6.45, 7) is 1.48. The molecule has 3 aromatic rings. The second kappa shape index (κ2) is 7.01. The van der Waals surface area contributed by atoms with E-state index >= 15 is 0 Å². The highest BCUT2D eigenvalue weighted by atomic mass is 79.9. The van der Waals surface area contributed by atoms with E-state index in [0.717, 1.165) is 22.2 Å². The molecule has 0 fully saturated rings. The molecule has 25 heavy (non-hydrogen) atoms. The maximum atomic E-state index is 13.5. The molecule has 0 aliphatic rings. The first-order chi connectivity index (χ1) is 11.8. The molecule has 1 aromatic heterocycles. The van der Waals surface area contributed by atoms with Gasteiger partial charge in [0.05, 0.1) is 16.8 Å². The van der Waals surface area contributed by atoms with Crippen molar-refractivity contribution in [1.82, 2.24) is 0 Å². The fourth-order valence-corrected chi connectivity index (χ4v) is 5.92. The molecule has 0 radical (unpaired) electrons. The number of rotatable bonds is 5. The van der Waals surface area contributed by atoms with Gasteiger partial charge in [-0.05, 0) is 46.6 Å². The number of thiophene rings is 1. The zero-order chi connectivity index (χ0) is 18.2. The molecule has 3 rings (SSSR count). The fraction of sp³-hybridized carbons (Fsp3) is 0.176. The van der Waals surface area contributed by atoms with Crippen LogP contribution in [0, 0.1) is 11.6 Å². The van der Waals surface area contributed by atoms with Gasteiger partial charge in [0.2, 0.25) is 10.0 Å². The lowest BCUT2D eigenvalue weighted by Gasteiger charge is -2.23. The minimum Gasteiger partial charge on any atom is -0.255 e. The maximum Gasteiger partial charge on any atom is 0.235 e. The molecule has 0 saturated carbocycles. The maximum absolute atomic E-state index is 13.5. The van der Waals surface area contributed by atoms with E-state index in [0.29, 0.717) is 15.0 Å². The number of hydrogen-bond acceptors (Lipinski definition) is 3. The molecule has 1 heterocycles. The quantitative estimate of drug-likeness (QED) is 0.534. The van der Waals surface area contributed by atoms with Crippen molar-refractivity contribution in [3.63, 3.8) is 0 Å². The van der Waals surface area contributed by atoms with Gasteiger partial charge in [-0.1, -0.05) is 24.3 Å². The fourth-order valence-electron chi connectivity index (χ4n) is 2.42. The van der Waals surface area contributed by atoms with E-state index in [1.165, 1.54) is 21.7 Å². The second-order valence-electron chi connectivity index (χ2n) is 5.37. The topological polar surface area (TPSA) is 37.4 Å². The molecule has 0 aliphatic heterocycles. The number of nitrogens with zero attached hydrogens (tertiary/aromatic N) is 1. The second-order valence-corrected chi connectivity index (χ2v) is 9.38. The van der Waals surface area contributed by atoms with Gasteiger partial charge in [-0.2, -0.15) is 0 Å². The molecule has 0 N–H and O–H groups in total. The third kappa shape index (κ3) is 3.56. The zero-order valence-electron chi connectivity index (χ0n) is 13.2. The first-order valence-corrected chi connectivity index (χ1v) is 10.7. The van der Waals surface area contributed by atoms with Gasteiger partial charge in [-0.3, -0.25) is 4.31 Å². The molecule has 0 saturated heterocycles. The van der Waals surface area contributed by atoms with Crippen molar-refractivity contribution in [3.05, 3.63) is 64.1 Å². The lowest BCUT2D eigenvalue weighted by molar-refractivity contribution is 0.507. The summed E-state index contributed by atoms with van der Waals surface area (Å²) in [6, 6.07) is 11.0. The van der Waals surface area contributed by atoms with Gasteiger partial charge in [0.15, 0.2) is 11.6 Å². The Morgan fingerprint density at radius 1 is 1.12 bits per heavy atom. The summed E-state index contributed by atoms with van der Waals surface area (Å²) in [7, 11) is -3.61. The molecule has 0 aliphatic carbocycles. The van der Waals surface area contributed by atoms with Crippen LogP contribution in [0.1, 0.15) is 12.5 Å². The van der Waals surface area contributed by atoms with Crippen LogP contribution < -0.4 is 4.31 Å². The Bertz CT molecular complexity index is 1030. The van der Waals surface area contributed by atoms with Crippen molar-refractivity contribution in [3.8, 4) is 0 Å². The van der Waals surface area contributed by atoms with Gasteiger partial charge >= 0.3 is 0 Å². The minimum atomic E-state index is -3.61. The molecule has 0 amide bonds. The number of halogens is 3. The van der Waals surface area contributed by atoms with Crippen LogP contribution in [-0.4, -0.2) is 14.2 Å². The smallest absolute Gasteiger partial charge is 0.235 e. The average molecular weight is 446 g/mol. The predicted octanol–water partition coefficient (Wildman–Crippen LogP) is 5.30. The van der Waals surface area contributed by atoms with E-state index in [9.17, 15) is 17.2 Å². The molecule has 2 aromatic carbocycles. The first kappa shape index (κ1) is 18.3. The summed E-state index contributed by atoms with van der Waals surface area (Å²) in [5.41, 5.74) is 0.375. The molecule has 0 bridgehead atoms. The van der Waals surface area contributed by atoms with Crippen LogP contribution in [0.5, 0.6) is 0 Å². The Morgan fingerprint density at radius 2 is 1.84 bits per heavy atom. The van der Waals surface area contributed by atoms with E-state index in [1.54, 1.807) is 6.92 Å². The SMILES string of the molecule is CCS(=O)(=O)N(Cc1ccc(F)c(F)c1)c1sc2ccccc2c1Br. The van der Waals surface area contributed by atoms with E-state index < -0.39 is 21.7 Å². The van der Waals surface area contributed by atoms with E-state index in [-0.39, 0.29) is 12.3 Å². The van der Waals surface area contributed by atoms with Crippen molar-refractivity contribution in [2.24, 2.45) is 0 Å². The summed E-state index contributed by atoms with van der Waals surface area (Å²) >= 11 is 4.82. The summed E-state index contributed by atoms with van der Waals surface area (Å²) in [5, 5.41) is 1.43. The van der Waals surface area contributed by atoms with Gasteiger partial charge in [0, 0.05) is 10.1 Å².